The van der Waals surface area contributed by atoms with E-state index in [1.807, 2.05) is 37.3 Å². The van der Waals surface area contributed by atoms with Crippen LogP contribution in [0.1, 0.15) is 5.56 Å². The minimum absolute atomic E-state index is 0.603. The van der Waals surface area contributed by atoms with Crippen molar-refractivity contribution >= 4 is 28.3 Å². The van der Waals surface area contributed by atoms with Crippen LogP contribution in [-0.2, 0) is 14.3 Å². The minimum atomic E-state index is -0.903. The average Bonchev–Trinajstić information content (AvgIpc) is 2.41. The third-order valence-electron chi connectivity index (χ3n) is 2.76. The molecule has 0 saturated heterocycles. The van der Waals surface area contributed by atoms with E-state index in [0.717, 1.165) is 16.3 Å². The number of benzene rings is 2. The molecule has 0 aliphatic carbocycles. The van der Waals surface area contributed by atoms with Gasteiger partial charge in [-0.3, -0.25) is 4.79 Å². The molecule has 0 heterocycles. The SMILES string of the molecule is COC(=O)C(=O)Nc1ccc(C)c2ccccc12. The molecule has 4 nitrogen and oxygen atoms in total. The van der Waals surface area contributed by atoms with E-state index in [1.165, 1.54) is 7.11 Å². The third kappa shape index (κ3) is 2.18. The summed E-state index contributed by atoms with van der Waals surface area (Å²) in [5, 5.41) is 4.49. The van der Waals surface area contributed by atoms with Crippen molar-refractivity contribution in [3.63, 3.8) is 0 Å². The highest BCUT2D eigenvalue weighted by Gasteiger charge is 2.15. The van der Waals surface area contributed by atoms with Gasteiger partial charge in [0, 0.05) is 11.1 Å². The van der Waals surface area contributed by atoms with Gasteiger partial charge in [0.2, 0.25) is 0 Å². The number of carbonyl (C=O) groups excluding carboxylic acids is 2. The van der Waals surface area contributed by atoms with Crippen LogP contribution in [0.3, 0.4) is 0 Å². The second-order valence-electron chi connectivity index (χ2n) is 3.92. The summed E-state index contributed by atoms with van der Waals surface area (Å²) in [4.78, 5) is 22.6. The Balaban J connectivity index is 2.43. The van der Waals surface area contributed by atoms with Gasteiger partial charge in [-0.2, -0.15) is 0 Å². The standard InChI is InChI=1S/C14H13NO3/c1-9-7-8-12(15-13(16)14(17)18-2)11-6-4-3-5-10(9)11/h3-8H,1-2H3,(H,15,16). The van der Waals surface area contributed by atoms with Crippen molar-refractivity contribution in [2.24, 2.45) is 0 Å². The normalized spacial score (nSPS) is 10.1. The molecular weight excluding hydrogens is 230 g/mol. The molecule has 0 fully saturated rings. The third-order valence-corrected chi connectivity index (χ3v) is 2.76. The zero-order valence-corrected chi connectivity index (χ0v) is 10.2. The van der Waals surface area contributed by atoms with E-state index < -0.39 is 11.9 Å². The van der Waals surface area contributed by atoms with Crippen LogP contribution in [0.25, 0.3) is 10.8 Å². The first kappa shape index (κ1) is 12.1. The Morgan fingerprint density at radius 3 is 2.39 bits per heavy atom. The summed E-state index contributed by atoms with van der Waals surface area (Å²) in [7, 11) is 1.18. The summed E-state index contributed by atoms with van der Waals surface area (Å²) in [5.74, 6) is -1.67. The van der Waals surface area contributed by atoms with Crippen molar-refractivity contribution in [2.45, 2.75) is 6.92 Å². The van der Waals surface area contributed by atoms with Crippen LogP contribution in [0.4, 0.5) is 5.69 Å². The van der Waals surface area contributed by atoms with Crippen molar-refractivity contribution in [2.75, 3.05) is 12.4 Å². The molecule has 4 heteroatoms. The van der Waals surface area contributed by atoms with Gasteiger partial charge < -0.3 is 10.1 Å². The lowest BCUT2D eigenvalue weighted by molar-refractivity contribution is -0.150. The molecule has 0 saturated carbocycles. The van der Waals surface area contributed by atoms with Gasteiger partial charge in [-0.25, -0.2) is 4.79 Å². The number of hydrogen-bond acceptors (Lipinski definition) is 3. The highest BCUT2D eigenvalue weighted by atomic mass is 16.5. The topological polar surface area (TPSA) is 55.4 Å². The first-order chi connectivity index (χ1) is 8.63. The van der Waals surface area contributed by atoms with E-state index in [-0.39, 0.29) is 0 Å². The zero-order valence-electron chi connectivity index (χ0n) is 10.2. The van der Waals surface area contributed by atoms with Crippen LogP contribution < -0.4 is 5.32 Å². The lowest BCUT2D eigenvalue weighted by Gasteiger charge is -2.09. The number of anilines is 1. The number of hydrogen-bond donors (Lipinski definition) is 1. The molecule has 0 aliphatic heterocycles. The van der Waals surface area contributed by atoms with E-state index >= 15 is 0 Å². The van der Waals surface area contributed by atoms with Gasteiger partial charge in [0.1, 0.15) is 0 Å². The Hall–Kier alpha value is -2.36. The van der Waals surface area contributed by atoms with Crippen molar-refractivity contribution < 1.29 is 14.3 Å². The Morgan fingerprint density at radius 1 is 1.06 bits per heavy atom. The quantitative estimate of drug-likeness (QED) is 0.617. The number of rotatable bonds is 1. The highest BCUT2D eigenvalue weighted by molar-refractivity contribution is 6.37. The summed E-state index contributed by atoms with van der Waals surface area (Å²) in [6, 6.07) is 11.4. The molecule has 92 valence electrons. The smallest absolute Gasteiger partial charge is 0.396 e. The number of esters is 1. The van der Waals surface area contributed by atoms with Crippen molar-refractivity contribution in [3.05, 3.63) is 42.0 Å². The van der Waals surface area contributed by atoms with Crippen molar-refractivity contribution in [3.8, 4) is 0 Å². The summed E-state index contributed by atoms with van der Waals surface area (Å²) in [5.41, 5.74) is 1.72. The number of methoxy groups -OCH3 is 1. The van der Waals surface area contributed by atoms with Crippen molar-refractivity contribution in [1.82, 2.24) is 0 Å². The summed E-state index contributed by atoms with van der Waals surface area (Å²) in [6.45, 7) is 1.99. The number of nitrogens with one attached hydrogen (secondary N) is 1. The summed E-state index contributed by atoms with van der Waals surface area (Å²) in [6.07, 6.45) is 0. The zero-order chi connectivity index (χ0) is 13.1. The number of amides is 1. The van der Waals surface area contributed by atoms with Crippen molar-refractivity contribution in [1.29, 1.82) is 0 Å². The fourth-order valence-electron chi connectivity index (χ4n) is 1.82. The molecule has 0 atom stereocenters. The largest absolute Gasteiger partial charge is 0.462 e. The molecule has 1 amide bonds. The molecule has 0 spiro atoms. The first-order valence-electron chi connectivity index (χ1n) is 5.51. The molecule has 0 bridgehead atoms. The molecule has 2 aromatic rings. The van der Waals surface area contributed by atoms with Gasteiger partial charge in [0.05, 0.1) is 7.11 Å². The second-order valence-corrected chi connectivity index (χ2v) is 3.92. The monoisotopic (exact) mass is 243 g/mol. The molecular formula is C14H13NO3. The Labute approximate surface area is 105 Å². The fraction of sp³-hybridized carbons (Fsp3) is 0.143. The number of fused-ring (bicyclic) bond motifs is 1. The molecule has 18 heavy (non-hydrogen) atoms. The van der Waals surface area contributed by atoms with Gasteiger partial charge in [-0.05, 0) is 23.9 Å². The van der Waals surface area contributed by atoms with Gasteiger partial charge in [-0.15, -0.1) is 0 Å². The van der Waals surface area contributed by atoms with Crippen LogP contribution in [0.15, 0.2) is 36.4 Å². The lowest BCUT2D eigenvalue weighted by atomic mass is 10.0. The van der Waals surface area contributed by atoms with Crippen LogP contribution in [0.2, 0.25) is 0 Å². The maximum Gasteiger partial charge on any atom is 0.396 e. The van der Waals surface area contributed by atoms with E-state index in [2.05, 4.69) is 10.1 Å². The maximum atomic E-state index is 11.5. The predicted octanol–water partition coefficient (Wildman–Crippen LogP) is 2.26. The van der Waals surface area contributed by atoms with E-state index in [9.17, 15) is 9.59 Å². The average molecular weight is 243 g/mol. The summed E-state index contributed by atoms with van der Waals surface area (Å²) < 4.78 is 4.37. The minimum Gasteiger partial charge on any atom is -0.462 e. The molecule has 2 aromatic carbocycles. The fourth-order valence-corrected chi connectivity index (χ4v) is 1.82. The van der Waals surface area contributed by atoms with Crippen LogP contribution >= 0.6 is 0 Å². The molecule has 0 radical (unpaired) electrons. The van der Waals surface area contributed by atoms with Crippen LogP contribution in [-0.4, -0.2) is 19.0 Å². The molecule has 0 unspecified atom stereocenters. The van der Waals surface area contributed by atoms with Gasteiger partial charge in [0.25, 0.3) is 0 Å². The molecule has 0 aromatic heterocycles. The van der Waals surface area contributed by atoms with E-state index in [1.54, 1.807) is 6.07 Å². The lowest BCUT2D eigenvalue weighted by Crippen LogP contribution is -2.23. The number of aryl methyl sites for hydroxylation is 1. The van der Waals surface area contributed by atoms with Crippen LogP contribution in [0.5, 0.6) is 0 Å². The Bertz CT molecular complexity index is 619. The number of carbonyl (C=O) groups is 2. The first-order valence-corrected chi connectivity index (χ1v) is 5.51. The van der Waals surface area contributed by atoms with Crippen LogP contribution in [0, 0.1) is 6.92 Å². The molecule has 2 rings (SSSR count). The van der Waals surface area contributed by atoms with E-state index in [4.69, 9.17) is 0 Å². The van der Waals surface area contributed by atoms with Gasteiger partial charge in [0.15, 0.2) is 0 Å². The van der Waals surface area contributed by atoms with E-state index in [0.29, 0.717) is 5.69 Å². The number of ether oxygens (including phenoxy) is 1. The Morgan fingerprint density at radius 2 is 1.72 bits per heavy atom. The highest BCUT2D eigenvalue weighted by Crippen LogP contribution is 2.26. The second kappa shape index (κ2) is 4.87. The summed E-state index contributed by atoms with van der Waals surface area (Å²) >= 11 is 0. The maximum absolute atomic E-state index is 11.5. The van der Waals surface area contributed by atoms with Gasteiger partial charge >= 0.3 is 11.9 Å². The Kier molecular flexibility index (Phi) is 3.28. The molecule has 1 N–H and O–H groups in total. The molecule has 0 aliphatic rings. The predicted molar refractivity (Wildman–Crippen MR) is 69.3 cm³/mol. The van der Waals surface area contributed by atoms with Gasteiger partial charge in [-0.1, -0.05) is 30.3 Å².